The molecule has 142 valence electrons. The van der Waals surface area contributed by atoms with Crippen molar-refractivity contribution in [2.45, 2.75) is 13.8 Å². The fourth-order valence-corrected chi connectivity index (χ4v) is 2.32. The predicted molar refractivity (Wildman–Crippen MR) is 94.0 cm³/mol. The van der Waals surface area contributed by atoms with Crippen LogP contribution in [0.5, 0.6) is 0 Å². The molecular formula is C16H20ClN3O6. The van der Waals surface area contributed by atoms with Gasteiger partial charge in [-0.05, 0) is 19.9 Å². The minimum Gasteiger partial charge on any atom is -0.452 e. The van der Waals surface area contributed by atoms with Gasteiger partial charge in [-0.2, -0.15) is 0 Å². The van der Waals surface area contributed by atoms with E-state index >= 15 is 0 Å². The molecule has 1 aromatic rings. The minimum absolute atomic E-state index is 0.0908. The smallest absolute Gasteiger partial charge is 0.340 e. The molecule has 2 amide bonds. The van der Waals surface area contributed by atoms with Crippen molar-refractivity contribution in [3.05, 3.63) is 38.9 Å². The number of nitro benzene ring substituents is 1. The van der Waals surface area contributed by atoms with Gasteiger partial charge in [-0.1, -0.05) is 11.6 Å². The summed E-state index contributed by atoms with van der Waals surface area (Å²) in [6.45, 7) is 4.03. The lowest BCUT2D eigenvalue weighted by atomic mass is 10.2. The maximum Gasteiger partial charge on any atom is 0.340 e. The van der Waals surface area contributed by atoms with Crippen molar-refractivity contribution in [1.82, 2.24) is 9.80 Å². The number of carbonyl (C=O) groups is 3. The number of hydrogen-bond acceptors (Lipinski definition) is 6. The van der Waals surface area contributed by atoms with Crippen molar-refractivity contribution in [1.29, 1.82) is 0 Å². The lowest BCUT2D eigenvalue weighted by Crippen LogP contribution is -2.42. The van der Waals surface area contributed by atoms with Gasteiger partial charge in [-0.25, -0.2) is 4.79 Å². The molecule has 0 saturated carbocycles. The maximum atomic E-state index is 12.0. The topological polar surface area (TPSA) is 110 Å². The standard InChI is InChI=1S/C16H20ClN3O6/c1-4-19(5-2)14(21)9-18(3)15(22)10-26-16(23)12-7-6-11(20(24)25)8-13(12)17/h6-8H,4-5,9-10H2,1-3H3. The van der Waals surface area contributed by atoms with Crippen LogP contribution in [0.3, 0.4) is 0 Å². The van der Waals surface area contributed by atoms with E-state index in [4.69, 9.17) is 16.3 Å². The number of nitro groups is 1. The second-order valence-corrected chi connectivity index (χ2v) is 5.72. The molecule has 0 N–H and O–H groups in total. The molecule has 26 heavy (non-hydrogen) atoms. The van der Waals surface area contributed by atoms with Crippen LogP contribution >= 0.6 is 11.6 Å². The Morgan fingerprint density at radius 1 is 1.19 bits per heavy atom. The van der Waals surface area contributed by atoms with Crippen LogP contribution in [0.2, 0.25) is 5.02 Å². The number of nitrogens with zero attached hydrogens (tertiary/aromatic N) is 3. The first-order valence-corrected chi connectivity index (χ1v) is 8.21. The molecule has 9 nitrogen and oxygen atoms in total. The number of carbonyl (C=O) groups excluding carboxylic acids is 3. The molecule has 0 unspecified atom stereocenters. The Labute approximate surface area is 155 Å². The minimum atomic E-state index is -0.887. The van der Waals surface area contributed by atoms with Gasteiger partial charge in [0, 0.05) is 32.3 Å². The van der Waals surface area contributed by atoms with Gasteiger partial charge in [0.15, 0.2) is 6.61 Å². The number of benzene rings is 1. The van der Waals surface area contributed by atoms with Crippen LogP contribution in [0.15, 0.2) is 18.2 Å². The SMILES string of the molecule is CCN(CC)C(=O)CN(C)C(=O)COC(=O)c1ccc([N+](=O)[O-])cc1Cl. The van der Waals surface area contributed by atoms with Crippen LogP contribution in [0.4, 0.5) is 5.69 Å². The first kappa shape index (κ1) is 21.4. The predicted octanol–water partition coefficient (Wildman–Crippen LogP) is 1.73. The highest BCUT2D eigenvalue weighted by atomic mass is 35.5. The van der Waals surface area contributed by atoms with E-state index in [-0.39, 0.29) is 28.7 Å². The monoisotopic (exact) mass is 385 g/mol. The molecule has 0 aromatic heterocycles. The van der Waals surface area contributed by atoms with Crippen molar-refractivity contribution in [2.24, 2.45) is 0 Å². The molecule has 1 rings (SSSR count). The summed E-state index contributed by atoms with van der Waals surface area (Å²) in [5, 5.41) is 10.5. The van der Waals surface area contributed by atoms with Crippen molar-refractivity contribution in [3.63, 3.8) is 0 Å². The molecule has 0 bridgehead atoms. The second kappa shape index (κ2) is 9.71. The summed E-state index contributed by atoms with van der Waals surface area (Å²) in [7, 11) is 1.43. The lowest BCUT2D eigenvalue weighted by molar-refractivity contribution is -0.384. The summed E-state index contributed by atoms with van der Waals surface area (Å²) in [5.41, 5.74) is -0.357. The van der Waals surface area contributed by atoms with Crippen LogP contribution in [-0.2, 0) is 14.3 Å². The van der Waals surface area contributed by atoms with Crippen molar-refractivity contribution >= 4 is 35.1 Å². The molecular weight excluding hydrogens is 366 g/mol. The Balaban J connectivity index is 2.62. The lowest BCUT2D eigenvalue weighted by Gasteiger charge is -2.23. The number of hydrogen-bond donors (Lipinski definition) is 0. The van der Waals surface area contributed by atoms with Crippen LogP contribution < -0.4 is 0 Å². The van der Waals surface area contributed by atoms with Crippen molar-refractivity contribution < 1.29 is 24.0 Å². The number of esters is 1. The fourth-order valence-electron chi connectivity index (χ4n) is 2.07. The Morgan fingerprint density at radius 3 is 2.31 bits per heavy atom. The largest absolute Gasteiger partial charge is 0.452 e. The number of rotatable bonds is 8. The molecule has 0 aliphatic heterocycles. The van der Waals surface area contributed by atoms with E-state index in [2.05, 4.69) is 0 Å². The van der Waals surface area contributed by atoms with Gasteiger partial charge in [0.2, 0.25) is 5.91 Å². The number of ether oxygens (including phenoxy) is 1. The number of non-ortho nitro benzene ring substituents is 1. The molecule has 10 heteroatoms. The van der Waals surface area contributed by atoms with Gasteiger partial charge in [-0.3, -0.25) is 19.7 Å². The third kappa shape index (κ3) is 5.69. The molecule has 0 radical (unpaired) electrons. The van der Waals surface area contributed by atoms with Crippen LogP contribution in [0.1, 0.15) is 24.2 Å². The highest BCUT2D eigenvalue weighted by molar-refractivity contribution is 6.33. The Bertz CT molecular complexity index is 705. The van der Waals surface area contributed by atoms with Gasteiger partial charge in [-0.15, -0.1) is 0 Å². The molecule has 0 aliphatic carbocycles. The molecule has 1 aromatic carbocycles. The normalized spacial score (nSPS) is 10.2. The van der Waals surface area contributed by atoms with E-state index in [1.54, 1.807) is 4.90 Å². The number of amides is 2. The van der Waals surface area contributed by atoms with Gasteiger partial charge in [0.1, 0.15) is 0 Å². The Hall–Kier alpha value is -2.68. The van der Waals surface area contributed by atoms with Crippen LogP contribution in [-0.4, -0.2) is 65.8 Å². The molecule has 0 spiro atoms. The average molecular weight is 386 g/mol. The average Bonchev–Trinajstić information content (AvgIpc) is 2.60. The van der Waals surface area contributed by atoms with Gasteiger partial charge < -0.3 is 14.5 Å². The second-order valence-electron chi connectivity index (χ2n) is 5.31. The molecule has 0 saturated heterocycles. The maximum absolute atomic E-state index is 12.0. The summed E-state index contributed by atoms with van der Waals surface area (Å²) < 4.78 is 4.88. The first-order chi connectivity index (χ1) is 12.2. The van der Waals surface area contributed by atoms with E-state index in [1.807, 2.05) is 13.8 Å². The fraction of sp³-hybridized carbons (Fsp3) is 0.438. The Kier molecular flexibility index (Phi) is 7.98. The zero-order valence-corrected chi connectivity index (χ0v) is 15.5. The van der Waals surface area contributed by atoms with E-state index in [0.717, 1.165) is 23.1 Å². The zero-order chi connectivity index (χ0) is 19.9. The summed E-state index contributed by atoms with van der Waals surface area (Å²) in [5.74, 6) is -1.66. The van der Waals surface area contributed by atoms with E-state index in [9.17, 15) is 24.5 Å². The van der Waals surface area contributed by atoms with Crippen LogP contribution in [0.25, 0.3) is 0 Å². The van der Waals surface area contributed by atoms with Gasteiger partial charge >= 0.3 is 5.97 Å². The molecule has 0 heterocycles. The third-order valence-corrected chi connectivity index (χ3v) is 3.94. The number of halogens is 1. The highest BCUT2D eigenvalue weighted by Crippen LogP contribution is 2.23. The molecule has 0 atom stereocenters. The zero-order valence-electron chi connectivity index (χ0n) is 14.7. The van der Waals surface area contributed by atoms with Gasteiger partial charge in [0.05, 0.1) is 22.1 Å². The quantitative estimate of drug-likeness (QED) is 0.383. The number of likely N-dealkylation sites (N-methyl/N-ethyl adjacent to an activating group) is 2. The van der Waals surface area contributed by atoms with E-state index < -0.39 is 23.4 Å². The Morgan fingerprint density at radius 2 is 1.81 bits per heavy atom. The highest BCUT2D eigenvalue weighted by Gasteiger charge is 2.20. The van der Waals surface area contributed by atoms with Gasteiger partial charge in [0.25, 0.3) is 11.6 Å². The summed E-state index contributed by atoms with van der Waals surface area (Å²) in [4.78, 5) is 48.7. The van der Waals surface area contributed by atoms with E-state index in [0.29, 0.717) is 13.1 Å². The summed E-state index contributed by atoms with van der Waals surface area (Å²) in [6, 6.07) is 3.29. The van der Waals surface area contributed by atoms with Crippen LogP contribution in [0, 0.1) is 10.1 Å². The third-order valence-electron chi connectivity index (χ3n) is 3.62. The van der Waals surface area contributed by atoms with Crippen molar-refractivity contribution in [3.8, 4) is 0 Å². The molecule has 0 aliphatic rings. The summed E-state index contributed by atoms with van der Waals surface area (Å²) in [6.07, 6.45) is 0. The molecule has 0 fully saturated rings. The van der Waals surface area contributed by atoms with Crippen molar-refractivity contribution in [2.75, 3.05) is 33.3 Å². The van der Waals surface area contributed by atoms with E-state index in [1.165, 1.54) is 7.05 Å². The summed E-state index contributed by atoms with van der Waals surface area (Å²) >= 11 is 5.83. The first-order valence-electron chi connectivity index (χ1n) is 7.84.